The Morgan fingerprint density at radius 3 is 0.849 bits per heavy atom. The molecule has 0 nitrogen and oxygen atoms in total. The van der Waals surface area contributed by atoms with Crippen LogP contribution < -0.4 is 0 Å². The van der Waals surface area contributed by atoms with Gasteiger partial charge >= 0.3 is 0 Å². The third-order valence-electron chi connectivity index (χ3n) is 11.4. The third kappa shape index (κ3) is 44.6. The Labute approximate surface area is 347 Å². The molecule has 0 aliphatic heterocycles. The highest BCUT2D eigenvalue weighted by Crippen LogP contribution is 2.42. The molecule has 3 saturated carbocycles. The van der Waals surface area contributed by atoms with Gasteiger partial charge in [0, 0.05) is 0 Å². The Hall–Kier alpha value is 0. The standard InChI is InChI=1S/C25H46.2C8H18.4C2H6.4CH4/c1-21-12-10-18-23(19-11-13-21)25-17-9-5-8-16-24(20-25)22-14-6-3-2-4-7-15-22;2*1-4-6-8(3)7-5-2;4*1-2;;;;/h21-25H,2-20H2,1H3;2*8H,4-7H2,1-3H3;4*1-2H3;4*1H4. The minimum absolute atomic E-state index is 0. The summed E-state index contributed by atoms with van der Waals surface area (Å²) < 4.78 is 0. The van der Waals surface area contributed by atoms with Gasteiger partial charge in [-0.05, 0) is 47.8 Å². The van der Waals surface area contributed by atoms with Gasteiger partial charge in [-0.3, -0.25) is 0 Å². The average Bonchev–Trinajstić information content (AvgIpc) is 3.08. The fourth-order valence-electron chi connectivity index (χ4n) is 8.91. The number of hydrogen-bond donors (Lipinski definition) is 0. The van der Waals surface area contributed by atoms with Gasteiger partial charge in [0.25, 0.3) is 0 Å². The van der Waals surface area contributed by atoms with Crippen LogP contribution >= 0.6 is 0 Å². The van der Waals surface area contributed by atoms with Crippen molar-refractivity contribution in [3.63, 3.8) is 0 Å². The van der Waals surface area contributed by atoms with Crippen LogP contribution in [0.25, 0.3) is 0 Å². The molecule has 0 amide bonds. The molecule has 3 aliphatic carbocycles. The van der Waals surface area contributed by atoms with Crippen molar-refractivity contribution < 1.29 is 0 Å². The number of hydrogen-bond acceptors (Lipinski definition) is 0. The highest BCUT2D eigenvalue weighted by molar-refractivity contribution is 4.82. The number of rotatable bonds is 10. The van der Waals surface area contributed by atoms with Crippen LogP contribution in [0.2, 0.25) is 0 Å². The zero-order valence-corrected chi connectivity index (χ0v) is 38.1. The molecule has 0 N–H and O–H groups in total. The fraction of sp³-hybridized carbons (Fsp3) is 1.00. The monoisotopic (exact) mass is 759 g/mol. The second kappa shape index (κ2) is 58.7. The lowest BCUT2D eigenvalue weighted by Gasteiger charge is -2.37. The van der Waals surface area contributed by atoms with E-state index in [4.69, 9.17) is 0 Å². The first-order valence-corrected chi connectivity index (χ1v) is 23.9. The maximum Gasteiger partial charge on any atom is -0.0383 e. The van der Waals surface area contributed by atoms with Crippen molar-refractivity contribution in [3.05, 3.63) is 0 Å². The molecule has 53 heavy (non-hydrogen) atoms. The SMILES string of the molecule is C.C.C.C.CC.CC.CC.CC.CC1CCCC(C2CCCCCC(C3CCCCCCC3)C2)CCC1.CCCC(C)CCC.CCCC(C)CCC. The van der Waals surface area contributed by atoms with Crippen LogP contribution in [0.1, 0.15) is 307 Å². The van der Waals surface area contributed by atoms with Gasteiger partial charge in [-0.15, -0.1) is 0 Å². The minimum atomic E-state index is 0. The van der Waals surface area contributed by atoms with Crippen molar-refractivity contribution in [2.24, 2.45) is 41.4 Å². The molecule has 0 saturated heterocycles. The van der Waals surface area contributed by atoms with Gasteiger partial charge in [-0.25, -0.2) is 0 Å². The molecule has 0 spiro atoms. The molecule has 3 fully saturated rings. The van der Waals surface area contributed by atoms with E-state index in [9.17, 15) is 0 Å². The topological polar surface area (TPSA) is 0 Å². The maximum absolute atomic E-state index is 2.49. The summed E-state index contributed by atoms with van der Waals surface area (Å²) in [7, 11) is 0. The van der Waals surface area contributed by atoms with Gasteiger partial charge in [0.1, 0.15) is 0 Å². The molecular weight excluding hydrogens is 637 g/mol. The highest BCUT2D eigenvalue weighted by Gasteiger charge is 2.30. The van der Waals surface area contributed by atoms with Gasteiger partial charge < -0.3 is 0 Å². The first-order valence-electron chi connectivity index (χ1n) is 23.9. The van der Waals surface area contributed by atoms with Crippen molar-refractivity contribution in [3.8, 4) is 0 Å². The Balaban J connectivity index is -0.000000102. The summed E-state index contributed by atoms with van der Waals surface area (Å²) in [6.07, 6.45) is 40.4. The van der Waals surface area contributed by atoms with E-state index < -0.39 is 0 Å². The second-order valence-corrected chi connectivity index (χ2v) is 15.6. The molecule has 0 heterocycles. The minimum Gasteiger partial charge on any atom is -0.0776 e. The van der Waals surface area contributed by atoms with Gasteiger partial charge in [0.15, 0.2) is 0 Å². The van der Waals surface area contributed by atoms with Crippen LogP contribution in [0, 0.1) is 41.4 Å². The first kappa shape index (κ1) is 70.8. The van der Waals surface area contributed by atoms with Gasteiger partial charge in [0.05, 0.1) is 0 Å². The van der Waals surface area contributed by atoms with Crippen molar-refractivity contribution in [2.45, 2.75) is 307 Å². The largest absolute Gasteiger partial charge is 0.0776 e. The molecule has 0 heteroatoms. The summed E-state index contributed by atoms with van der Waals surface area (Å²) >= 11 is 0. The van der Waals surface area contributed by atoms with Gasteiger partial charge in [0.2, 0.25) is 0 Å². The summed E-state index contributed by atoms with van der Waals surface area (Å²) in [4.78, 5) is 0. The predicted molar refractivity (Wildman–Crippen MR) is 261 cm³/mol. The lowest BCUT2D eigenvalue weighted by molar-refractivity contribution is 0.139. The van der Waals surface area contributed by atoms with E-state index >= 15 is 0 Å². The van der Waals surface area contributed by atoms with Crippen LogP contribution in [0.3, 0.4) is 0 Å². The molecule has 0 bridgehead atoms. The molecule has 0 aromatic heterocycles. The molecular formula is C53H122. The van der Waals surface area contributed by atoms with Crippen LogP contribution in [0.5, 0.6) is 0 Å². The Morgan fingerprint density at radius 1 is 0.340 bits per heavy atom. The van der Waals surface area contributed by atoms with E-state index in [0.717, 1.165) is 41.4 Å². The van der Waals surface area contributed by atoms with Gasteiger partial charge in [-0.1, -0.05) is 301 Å². The molecule has 334 valence electrons. The van der Waals surface area contributed by atoms with Crippen molar-refractivity contribution in [2.75, 3.05) is 0 Å². The average molecular weight is 760 g/mol. The fourth-order valence-corrected chi connectivity index (χ4v) is 8.91. The van der Waals surface area contributed by atoms with E-state index in [0.29, 0.717) is 0 Å². The molecule has 0 aromatic carbocycles. The normalized spacial score (nSPS) is 21.5. The smallest absolute Gasteiger partial charge is 0.0383 e. The third-order valence-corrected chi connectivity index (χ3v) is 11.4. The van der Waals surface area contributed by atoms with Crippen molar-refractivity contribution in [1.29, 1.82) is 0 Å². The summed E-state index contributed by atoms with van der Waals surface area (Å²) in [6.45, 7) is 32.2. The van der Waals surface area contributed by atoms with Crippen molar-refractivity contribution >= 4 is 0 Å². The second-order valence-electron chi connectivity index (χ2n) is 15.6. The summed E-state index contributed by atoms with van der Waals surface area (Å²) in [5.74, 6) is 7.28. The van der Waals surface area contributed by atoms with Gasteiger partial charge in [-0.2, -0.15) is 0 Å². The van der Waals surface area contributed by atoms with E-state index in [-0.39, 0.29) is 29.7 Å². The first-order chi connectivity index (χ1) is 23.9. The van der Waals surface area contributed by atoms with E-state index in [1.165, 1.54) is 128 Å². The molecule has 3 rings (SSSR count). The van der Waals surface area contributed by atoms with E-state index in [1.54, 1.807) is 44.9 Å². The quantitative estimate of drug-likeness (QED) is 0.208. The molecule has 0 radical (unpaired) electrons. The highest BCUT2D eigenvalue weighted by atomic mass is 14.4. The predicted octanol–water partition coefficient (Wildman–Crippen LogP) is 21.6. The van der Waals surface area contributed by atoms with Crippen LogP contribution in [0.4, 0.5) is 0 Å². The Kier molecular flexibility index (Phi) is 78.4. The van der Waals surface area contributed by atoms with Crippen LogP contribution in [-0.2, 0) is 0 Å². The Bertz CT molecular complexity index is 492. The zero-order chi connectivity index (χ0) is 38.1. The van der Waals surface area contributed by atoms with Crippen LogP contribution in [0.15, 0.2) is 0 Å². The lowest BCUT2D eigenvalue weighted by atomic mass is 9.68. The lowest BCUT2D eigenvalue weighted by Crippen LogP contribution is -2.26. The van der Waals surface area contributed by atoms with E-state index in [1.807, 2.05) is 55.4 Å². The summed E-state index contributed by atoms with van der Waals surface area (Å²) in [5.41, 5.74) is 0. The molecule has 2 atom stereocenters. The maximum atomic E-state index is 2.49. The summed E-state index contributed by atoms with van der Waals surface area (Å²) in [5, 5.41) is 0. The molecule has 2 unspecified atom stereocenters. The molecule has 3 aliphatic rings. The Morgan fingerprint density at radius 2 is 0.566 bits per heavy atom. The van der Waals surface area contributed by atoms with Crippen molar-refractivity contribution in [1.82, 2.24) is 0 Å². The zero-order valence-electron chi connectivity index (χ0n) is 38.1. The van der Waals surface area contributed by atoms with E-state index in [2.05, 4.69) is 48.5 Å². The molecule has 0 aromatic rings. The van der Waals surface area contributed by atoms with Crippen LogP contribution in [-0.4, -0.2) is 0 Å². The summed E-state index contributed by atoms with van der Waals surface area (Å²) in [6, 6.07) is 0.